The number of nitrogens with one attached hydrogen (secondary N) is 1. The van der Waals surface area contributed by atoms with Gasteiger partial charge in [-0.2, -0.15) is 0 Å². The van der Waals surface area contributed by atoms with E-state index in [9.17, 15) is 14.0 Å². The van der Waals surface area contributed by atoms with Crippen LogP contribution in [0.4, 0.5) is 10.1 Å². The van der Waals surface area contributed by atoms with Gasteiger partial charge in [0.25, 0.3) is 5.91 Å². The molecule has 0 spiro atoms. The number of benzene rings is 1. The van der Waals surface area contributed by atoms with E-state index in [1.54, 1.807) is 27.7 Å². The number of rotatable bonds is 5. The van der Waals surface area contributed by atoms with Crippen molar-refractivity contribution in [3.8, 4) is 0 Å². The average molecular weight is 310 g/mol. The maximum absolute atomic E-state index is 13.9. The molecular formula is C16H23FN2O3. The topological polar surface area (TPSA) is 69.6 Å². The van der Waals surface area contributed by atoms with Crippen LogP contribution in [0.1, 0.15) is 38.1 Å². The second-order valence-corrected chi connectivity index (χ2v) is 6.01. The van der Waals surface area contributed by atoms with Gasteiger partial charge in [-0.15, -0.1) is 0 Å². The van der Waals surface area contributed by atoms with Crippen molar-refractivity contribution >= 4 is 17.5 Å². The molecule has 2 N–H and O–H groups in total. The molecule has 1 aromatic carbocycles. The van der Waals surface area contributed by atoms with E-state index < -0.39 is 17.1 Å². The Morgan fingerprint density at radius 2 is 1.95 bits per heavy atom. The highest BCUT2D eigenvalue weighted by atomic mass is 19.1. The summed E-state index contributed by atoms with van der Waals surface area (Å²) in [5, 5.41) is 11.6. The van der Waals surface area contributed by atoms with Crippen LogP contribution in [0.5, 0.6) is 0 Å². The standard InChI is InChI=1S/C16H23FN2O3/c1-5-19(8-9-20)14(21)12-10-11(6-7-13(12)17)18-15(22)16(2,3)4/h6-7,10,20H,5,8-9H2,1-4H3,(H,18,22). The molecule has 1 aromatic rings. The minimum absolute atomic E-state index is 0.123. The number of carbonyl (C=O) groups is 2. The number of aliphatic hydroxyl groups excluding tert-OH is 1. The smallest absolute Gasteiger partial charge is 0.256 e. The summed E-state index contributed by atoms with van der Waals surface area (Å²) in [6.07, 6.45) is 0. The number of amides is 2. The monoisotopic (exact) mass is 310 g/mol. The summed E-state index contributed by atoms with van der Waals surface area (Å²) in [6, 6.07) is 3.89. The summed E-state index contributed by atoms with van der Waals surface area (Å²) in [4.78, 5) is 25.6. The molecule has 1 rings (SSSR count). The van der Waals surface area contributed by atoms with E-state index in [1.807, 2.05) is 0 Å². The summed E-state index contributed by atoms with van der Waals surface area (Å²) >= 11 is 0. The van der Waals surface area contributed by atoms with Gasteiger partial charge in [-0.05, 0) is 25.1 Å². The number of aliphatic hydroxyl groups is 1. The first-order valence-corrected chi connectivity index (χ1v) is 7.21. The molecule has 0 unspecified atom stereocenters. The highest BCUT2D eigenvalue weighted by molar-refractivity contribution is 5.98. The van der Waals surface area contributed by atoms with Crippen molar-refractivity contribution < 1.29 is 19.1 Å². The quantitative estimate of drug-likeness (QED) is 0.876. The Hall–Kier alpha value is -1.95. The molecule has 0 atom stereocenters. The molecule has 5 nitrogen and oxygen atoms in total. The maximum atomic E-state index is 13.9. The number of hydrogen-bond donors (Lipinski definition) is 2. The molecular weight excluding hydrogens is 287 g/mol. The molecule has 122 valence electrons. The Labute approximate surface area is 130 Å². The highest BCUT2D eigenvalue weighted by Crippen LogP contribution is 2.20. The Morgan fingerprint density at radius 1 is 1.32 bits per heavy atom. The van der Waals surface area contributed by atoms with E-state index in [-0.39, 0.29) is 24.6 Å². The van der Waals surface area contributed by atoms with Gasteiger partial charge in [-0.25, -0.2) is 4.39 Å². The lowest BCUT2D eigenvalue weighted by Gasteiger charge is -2.21. The van der Waals surface area contributed by atoms with E-state index >= 15 is 0 Å². The summed E-state index contributed by atoms with van der Waals surface area (Å²) in [5.41, 5.74) is -0.350. The fraction of sp³-hybridized carbons (Fsp3) is 0.500. The number of likely N-dealkylation sites (N-methyl/N-ethyl adjacent to an activating group) is 1. The number of halogens is 1. The molecule has 0 bridgehead atoms. The zero-order chi connectivity index (χ0) is 16.9. The minimum atomic E-state index is -0.657. The van der Waals surface area contributed by atoms with Crippen molar-refractivity contribution in [2.24, 2.45) is 5.41 Å². The third-order valence-corrected chi connectivity index (χ3v) is 3.17. The normalized spacial score (nSPS) is 11.2. The van der Waals surface area contributed by atoms with Crippen LogP contribution in [0, 0.1) is 11.2 Å². The lowest BCUT2D eigenvalue weighted by atomic mass is 9.95. The van der Waals surface area contributed by atoms with Gasteiger partial charge >= 0.3 is 0 Å². The largest absolute Gasteiger partial charge is 0.395 e. The predicted octanol–water partition coefficient (Wildman–Crippen LogP) is 2.26. The Bertz CT molecular complexity index is 553. The summed E-state index contributed by atoms with van der Waals surface area (Å²) < 4.78 is 13.9. The molecule has 0 saturated carbocycles. The van der Waals surface area contributed by atoms with Crippen LogP contribution >= 0.6 is 0 Å². The molecule has 0 aliphatic rings. The van der Waals surface area contributed by atoms with Crippen molar-refractivity contribution in [1.82, 2.24) is 4.90 Å². The molecule has 0 saturated heterocycles. The molecule has 0 fully saturated rings. The third-order valence-electron chi connectivity index (χ3n) is 3.17. The van der Waals surface area contributed by atoms with E-state index in [1.165, 1.54) is 17.0 Å². The zero-order valence-electron chi connectivity index (χ0n) is 13.4. The maximum Gasteiger partial charge on any atom is 0.256 e. The van der Waals surface area contributed by atoms with Crippen LogP contribution in [0.15, 0.2) is 18.2 Å². The summed E-state index contributed by atoms with van der Waals surface area (Å²) in [5.74, 6) is -1.39. The van der Waals surface area contributed by atoms with Crippen LogP contribution in [0.3, 0.4) is 0 Å². The lowest BCUT2D eigenvalue weighted by Crippen LogP contribution is -2.34. The van der Waals surface area contributed by atoms with E-state index in [4.69, 9.17) is 5.11 Å². The highest BCUT2D eigenvalue weighted by Gasteiger charge is 2.23. The third kappa shape index (κ3) is 4.53. The van der Waals surface area contributed by atoms with Crippen LogP contribution in [-0.2, 0) is 4.79 Å². The van der Waals surface area contributed by atoms with Gasteiger partial charge < -0.3 is 15.3 Å². The van der Waals surface area contributed by atoms with E-state index in [2.05, 4.69) is 5.32 Å². The molecule has 0 aliphatic heterocycles. The molecule has 22 heavy (non-hydrogen) atoms. The first kappa shape index (κ1) is 18.1. The van der Waals surface area contributed by atoms with Crippen LogP contribution in [0.25, 0.3) is 0 Å². The Balaban J connectivity index is 3.04. The molecule has 0 aliphatic carbocycles. The van der Waals surface area contributed by atoms with Gasteiger partial charge in [0.2, 0.25) is 5.91 Å². The molecule has 6 heteroatoms. The van der Waals surface area contributed by atoms with Crippen molar-refractivity contribution in [3.63, 3.8) is 0 Å². The van der Waals surface area contributed by atoms with Gasteiger partial charge in [0.1, 0.15) is 5.82 Å². The van der Waals surface area contributed by atoms with Crippen LogP contribution < -0.4 is 5.32 Å². The minimum Gasteiger partial charge on any atom is -0.395 e. The second-order valence-electron chi connectivity index (χ2n) is 6.01. The first-order chi connectivity index (χ1) is 10.2. The number of carbonyl (C=O) groups excluding carboxylic acids is 2. The number of anilines is 1. The number of nitrogens with zero attached hydrogens (tertiary/aromatic N) is 1. The van der Waals surface area contributed by atoms with Gasteiger partial charge in [-0.1, -0.05) is 20.8 Å². The molecule has 2 amide bonds. The fourth-order valence-electron chi connectivity index (χ4n) is 1.78. The Kier molecular flexibility index (Phi) is 6.05. The van der Waals surface area contributed by atoms with Gasteiger partial charge in [0.15, 0.2) is 0 Å². The summed E-state index contributed by atoms with van der Waals surface area (Å²) in [7, 11) is 0. The van der Waals surface area contributed by atoms with Crippen molar-refractivity contribution in [2.45, 2.75) is 27.7 Å². The van der Waals surface area contributed by atoms with Crippen LogP contribution in [0.2, 0.25) is 0 Å². The average Bonchev–Trinajstić information content (AvgIpc) is 2.45. The predicted molar refractivity (Wildman–Crippen MR) is 83.1 cm³/mol. The SMILES string of the molecule is CCN(CCO)C(=O)c1cc(NC(=O)C(C)(C)C)ccc1F. The Morgan fingerprint density at radius 3 is 2.45 bits per heavy atom. The molecule has 0 heterocycles. The van der Waals surface area contributed by atoms with Crippen molar-refractivity contribution in [2.75, 3.05) is 25.0 Å². The zero-order valence-corrected chi connectivity index (χ0v) is 13.4. The van der Waals surface area contributed by atoms with E-state index in [0.717, 1.165) is 6.07 Å². The van der Waals surface area contributed by atoms with E-state index in [0.29, 0.717) is 12.2 Å². The molecule has 0 radical (unpaired) electrons. The van der Waals surface area contributed by atoms with Crippen LogP contribution in [-0.4, -0.2) is 41.5 Å². The van der Waals surface area contributed by atoms with Gasteiger partial charge in [0, 0.05) is 24.2 Å². The lowest BCUT2D eigenvalue weighted by molar-refractivity contribution is -0.123. The van der Waals surface area contributed by atoms with Gasteiger partial charge in [0.05, 0.1) is 12.2 Å². The molecule has 0 aromatic heterocycles. The van der Waals surface area contributed by atoms with Crippen molar-refractivity contribution in [1.29, 1.82) is 0 Å². The number of hydrogen-bond acceptors (Lipinski definition) is 3. The summed E-state index contributed by atoms with van der Waals surface area (Å²) in [6.45, 7) is 7.33. The fourth-order valence-corrected chi connectivity index (χ4v) is 1.78. The van der Waals surface area contributed by atoms with Gasteiger partial charge in [-0.3, -0.25) is 9.59 Å². The first-order valence-electron chi connectivity index (χ1n) is 7.21. The second kappa shape index (κ2) is 7.35. The van der Waals surface area contributed by atoms with Crippen molar-refractivity contribution in [3.05, 3.63) is 29.6 Å².